The second-order valence-corrected chi connectivity index (χ2v) is 5.76. The number of hydrogen-bond donors (Lipinski definition) is 1. The van der Waals surface area contributed by atoms with Crippen LogP contribution < -0.4 is 5.32 Å². The van der Waals surface area contributed by atoms with E-state index in [1.807, 2.05) is 6.07 Å². The van der Waals surface area contributed by atoms with Gasteiger partial charge in [-0.25, -0.2) is 0 Å². The molecular formula is C17H16NSiZr-. The summed E-state index contributed by atoms with van der Waals surface area (Å²) in [5.41, 5.74) is 6.52. The van der Waals surface area contributed by atoms with Crippen LogP contribution in [-0.4, -0.2) is 9.52 Å². The van der Waals surface area contributed by atoms with Gasteiger partial charge in [0.25, 0.3) is 0 Å². The molecule has 1 aliphatic heterocycles. The normalized spacial score (nSPS) is 16.5. The van der Waals surface area contributed by atoms with E-state index in [0.717, 1.165) is 9.52 Å². The van der Waals surface area contributed by atoms with Crippen LogP contribution in [0.1, 0.15) is 22.7 Å². The van der Waals surface area contributed by atoms with Gasteiger partial charge in [-0.05, 0) is 11.6 Å². The molecule has 1 atom stereocenters. The van der Waals surface area contributed by atoms with Gasteiger partial charge >= 0.3 is 0 Å². The third kappa shape index (κ3) is 2.62. The number of benzene rings is 2. The summed E-state index contributed by atoms with van der Waals surface area (Å²) in [5, 5.41) is 3.56. The Morgan fingerprint density at radius 1 is 1.10 bits per heavy atom. The van der Waals surface area contributed by atoms with Crippen molar-refractivity contribution in [3.63, 3.8) is 0 Å². The van der Waals surface area contributed by atoms with Gasteiger partial charge in [-0.2, -0.15) is 0 Å². The maximum absolute atomic E-state index is 3.56. The van der Waals surface area contributed by atoms with E-state index >= 15 is 0 Å². The minimum Gasteiger partial charge on any atom is -0.382 e. The molecule has 2 aromatic rings. The first-order valence-corrected chi connectivity index (χ1v) is 8.51. The van der Waals surface area contributed by atoms with Crippen molar-refractivity contribution in [3.8, 4) is 0 Å². The Balaban J connectivity index is 0.000000341. The standard InChI is InChI=1S/C15H10N.C2H6Si.Zr/c1-2-6-11-10(5-1)9-13-12-7-3-4-8-14(12)16-15(11)13;1-3-2;/h1-4,6-9,15-16H;1-2H3;/q-1;;. The monoisotopic (exact) mass is 352 g/mol. The van der Waals surface area contributed by atoms with E-state index in [-0.39, 0.29) is 26.2 Å². The molecule has 2 aliphatic rings. The molecule has 1 unspecified atom stereocenters. The van der Waals surface area contributed by atoms with Crippen molar-refractivity contribution in [1.82, 2.24) is 0 Å². The van der Waals surface area contributed by atoms with E-state index in [9.17, 15) is 0 Å². The molecule has 2 radical (unpaired) electrons. The van der Waals surface area contributed by atoms with Crippen LogP contribution in [0, 0.1) is 6.07 Å². The van der Waals surface area contributed by atoms with Gasteiger partial charge in [0.05, 0.1) is 0 Å². The molecule has 0 saturated heterocycles. The van der Waals surface area contributed by atoms with Crippen LogP contribution >= 0.6 is 0 Å². The number of fused-ring (bicyclic) bond motifs is 5. The molecule has 20 heavy (non-hydrogen) atoms. The van der Waals surface area contributed by atoms with Crippen LogP contribution in [-0.2, 0) is 26.2 Å². The van der Waals surface area contributed by atoms with Gasteiger partial charge in [-0.3, -0.25) is 0 Å². The molecule has 0 aromatic heterocycles. The summed E-state index contributed by atoms with van der Waals surface area (Å²) in [6, 6.07) is 18.3. The van der Waals surface area contributed by atoms with Gasteiger partial charge in [0.15, 0.2) is 0 Å². The smallest absolute Gasteiger partial charge is 0.0410 e. The summed E-state index contributed by atoms with van der Waals surface area (Å²) in [5.74, 6) is 0. The Labute approximate surface area is 142 Å². The van der Waals surface area contributed by atoms with E-state index in [1.165, 1.54) is 28.0 Å². The average Bonchev–Trinajstić information content (AvgIpc) is 2.96. The molecule has 3 heteroatoms. The molecular weight excluding hydrogens is 338 g/mol. The van der Waals surface area contributed by atoms with Gasteiger partial charge < -0.3 is 5.32 Å². The molecule has 0 spiro atoms. The number of hydrogen-bond acceptors (Lipinski definition) is 1. The summed E-state index contributed by atoms with van der Waals surface area (Å²) < 4.78 is 0. The van der Waals surface area contributed by atoms with Crippen LogP contribution in [0.2, 0.25) is 13.1 Å². The summed E-state index contributed by atoms with van der Waals surface area (Å²) in [4.78, 5) is 0. The summed E-state index contributed by atoms with van der Waals surface area (Å²) >= 11 is 0. The molecule has 98 valence electrons. The van der Waals surface area contributed by atoms with Gasteiger partial charge in [0.2, 0.25) is 0 Å². The van der Waals surface area contributed by atoms with Gasteiger partial charge in [0.1, 0.15) is 0 Å². The summed E-state index contributed by atoms with van der Waals surface area (Å²) in [6.45, 7) is 4.31. The zero-order valence-electron chi connectivity index (χ0n) is 11.7. The zero-order valence-corrected chi connectivity index (χ0v) is 15.2. The SMILES string of the molecule is C[Si]C.[Zr].[c-]1cccc2c1C=C1c3ccccc3NC12. The maximum Gasteiger partial charge on any atom is 0.0410 e. The molecule has 0 bridgehead atoms. The van der Waals surface area contributed by atoms with Crippen molar-refractivity contribution >= 4 is 26.9 Å². The molecule has 1 heterocycles. The Morgan fingerprint density at radius 2 is 1.85 bits per heavy atom. The third-order valence-electron chi connectivity index (χ3n) is 3.38. The summed E-state index contributed by atoms with van der Waals surface area (Å²) in [7, 11) is 1.08. The fourth-order valence-corrected chi connectivity index (χ4v) is 2.65. The predicted molar refractivity (Wildman–Crippen MR) is 83.4 cm³/mol. The Bertz CT molecular complexity index is 636. The molecule has 1 aliphatic carbocycles. The van der Waals surface area contributed by atoms with Crippen molar-refractivity contribution in [2.75, 3.05) is 5.32 Å². The van der Waals surface area contributed by atoms with Crippen LogP contribution in [0.4, 0.5) is 5.69 Å². The van der Waals surface area contributed by atoms with Crippen LogP contribution in [0.15, 0.2) is 42.5 Å². The summed E-state index contributed by atoms with van der Waals surface area (Å²) in [6.07, 6.45) is 2.25. The average molecular weight is 354 g/mol. The second kappa shape index (κ2) is 6.69. The molecule has 4 rings (SSSR count). The van der Waals surface area contributed by atoms with E-state index in [2.05, 4.69) is 67.0 Å². The Morgan fingerprint density at radius 3 is 2.65 bits per heavy atom. The number of para-hydroxylation sites is 1. The van der Waals surface area contributed by atoms with Crippen molar-refractivity contribution in [1.29, 1.82) is 0 Å². The van der Waals surface area contributed by atoms with Crippen molar-refractivity contribution in [3.05, 3.63) is 65.2 Å². The number of rotatable bonds is 0. The van der Waals surface area contributed by atoms with E-state index < -0.39 is 0 Å². The fourth-order valence-electron chi connectivity index (χ4n) is 2.65. The largest absolute Gasteiger partial charge is 0.382 e. The van der Waals surface area contributed by atoms with Gasteiger partial charge in [0, 0.05) is 47.5 Å². The van der Waals surface area contributed by atoms with E-state index in [1.54, 1.807) is 0 Å². The van der Waals surface area contributed by atoms with Crippen LogP contribution in [0.5, 0.6) is 0 Å². The second-order valence-electron chi connectivity index (χ2n) is 4.76. The first-order chi connectivity index (χ1) is 9.35. The molecule has 0 saturated carbocycles. The minimum atomic E-state index is 0. The molecule has 1 N–H and O–H groups in total. The number of anilines is 1. The Kier molecular flexibility index (Phi) is 5.17. The minimum absolute atomic E-state index is 0. The van der Waals surface area contributed by atoms with E-state index in [0.29, 0.717) is 6.04 Å². The van der Waals surface area contributed by atoms with Crippen LogP contribution in [0.25, 0.3) is 11.6 Å². The fraction of sp³-hybridized carbons (Fsp3) is 0.176. The molecule has 0 amide bonds. The predicted octanol–water partition coefficient (Wildman–Crippen LogP) is 4.29. The zero-order chi connectivity index (χ0) is 13.2. The Hall–Kier alpha value is -0.920. The first kappa shape index (κ1) is 15.5. The van der Waals surface area contributed by atoms with E-state index in [4.69, 9.17) is 0 Å². The van der Waals surface area contributed by atoms with Crippen molar-refractivity contribution in [2.24, 2.45) is 0 Å². The number of nitrogens with one attached hydrogen (secondary N) is 1. The quantitative estimate of drug-likeness (QED) is 0.550. The van der Waals surface area contributed by atoms with Crippen molar-refractivity contribution < 1.29 is 26.2 Å². The molecule has 1 nitrogen and oxygen atoms in total. The van der Waals surface area contributed by atoms with Gasteiger partial charge in [-0.1, -0.05) is 36.9 Å². The topological polar surface area (TPSA) is 12.0 Å². The van der Waals surface area contributed by atoms with Crippen molar-refractivity contribution in [2.45, 2.75) is 19.1 Å². The maximum atomic E-state index is 3.56. The molecule has 0 fully saturated rings. The molecule has 2 aromatic carbocycles. The van der Waals surface area contributed by atoms with Crippen LogP contribution in [0.3, 0.4) is 0 Å². The third-order valence-corrected chi connectivity index (χ3v) is 3.38. The van der Waals surface area contributed by atoms with Gasteiger partial charge in [-0.15, -0.1) is 41.5 Å². The first-order valence-electron chi connectivity index (χ1n) is 6.51.